The third-order valence-corrected chi connectivity index (χ3v) is 3.95. The highest BCUT2D eigenvalue weighted by Gasteiger charge is 2.27. The Morgan fingerprint density at radius 1 is 1.30 bits per heavy atom. The zero-order chi connectivity index (χ0) is 13.7. The molecule has 112 valence electrons. The van der Waals surface area contributed by atoms with Gasteiger partial charge in [0.25, 0.3) is 0 Å². The Morgan fingerprint density at radius 2 is 2.00 bits per heavy atom. The zero-order valence-corrected chi connectivity index (χ0v) is 13.1. The first-order valence-electron chi connectivity index (χ1n) is 6.93. The van der Waals surface area contributed by atoms with E-state index >= 15 is 0 Å². The summed E-state index contributed by atoms with van der Waals surface area (Å²) < 4.78 is 0. The summed E-state index contributed by atoms with van der Waals surface area (Å²) in [5, 5.41) is 3.77. The van der Waals surface area contributed by atoms with Gasteiger partial charge in [0.05, 0.1) is 0 Å². The van der Waals surface area contributed by atoms with E-state index in [4.69, 9.17) is 17.3 Å². The molecule has 0 spiro atoms. The van der Waals surface area contributed by atoms with Crippen LogP contribution >= 0.6 is 24.0 Å². The lowest BCUT2D eigenvalue weighted by molar-refractivity contribution is -0.124. The van der Waals surface area contributed by atoms with E-state index in [2.05, 4.69) is 5.32 Å². The third kappa shape index (κ3) is 5.31. The van der Waals surface area contributed by atoms with Crippen LogP contribution in [0.5, 0.6) is 0 Å². The topological polar surface area (TPSA) is 55.1 Å². The van der Waals surface area contributed by atoms with E-state index in [-0.39, 0.29) is 30.3 Å². The first kappa shape index (κ1) is 17.3. The number of nitrogens with two attached hydrogens (primary N) is 1. The second-order valence-corrected chi connectivity index (χ2v) is 5.73. The number of carbonyl (C=O) groups is 1. The number of carbonyl (C=O) groups excluding carboxylic acids is 1. The molecule has 2 rings (SSSR count). The summed E-state index contributed by atoms with van der Waals surface area (Å²) in [4.78, 5) is 11.9. The van der Waals surface area contributed by atoms with Crippen molar-refractivity contribution < 1.29 is 4.79 Å². The van der Waals surface area contributed by atoms with E-state index < -0.39 is 0 Å². The molecule has 1 aliphatic carbocycles. The molecular weight excluding hydrogens is 295 g/mol. The smallest absolute Gasteiger partial charge is 0.223 e. The number of aryl methyl sites for hydroxylation is 1. The molecule has 1 aromatic carbocycles. The lowest BCUT2D eigenvalue weighted by Crippen LogP contribution is -2.31. The molecule has 0 radical (unpaired) electrons. The summed E-state index contributed by atoms with van der Waals surface area (Å²) in [6.07, 6.45) is 4.66. The van der Waals surface area contributed by atoms with Gasteiger partial charge >= 0.3 is 0 Å². The van der Waals surface area contributed by atoms with Crippen LogP contribution in [0.4, 0.5) is 0 Å². The number of rotatable bonds is 5. The van der Waals surface area contributed by atoms with Crippen molar-refractivity contribution in [2.45, 2.75) is 38.1 Å². The van der Waals surface area contributed by atoms with Gasteiger partial charge in [-0.1, -0.05) is 23.7 Å². The number of amides is 1. The second kappa shape index (κ2) is 8.50. The van der Waals surface area contributed by atoms with Crippen molar-refractivity contribution in [1.29, 1.82) is 0 Å². The number of halogens is 2. The van der Waals surface area contributed by atoms with Gasteiger partial charge in [0.1, 0.15) is 0 Å². The Balaban J connectivity index is 0.00000200. The Hall–Kier alpha value is -0.770. The monoisotopic (exact) mass is 316 g/mol. The van der Waals surface area contributed by atoms with Crippen molar-refractivity contribution in [3.63, 3.8) is 0 Å². The Morgan fingerprint density at radius 3 is 2.60 bits per heavy atom. The summed E-state index contributed by atoms with van der Waals surface area (Å²) >= 11 is 5.83. The van der Waals surface area contributed by atoms with Crippen molar-refractivity contribution in [2.75, 3.05) is 6.54 Å². The first-order chi connectivity index (χ1) is 9.15. The molecule has 0 saturated heterocycles. The van der Waals surface area contributed by atoms with Crippen LogP contribution in [0.1, 0.15) is 31.2 Å². The van der Waals surface area contributed by atoms with E-state index in [0.717, 1.165) is 43.7 Å². The Bertz CT molecular complexity index is 422. The third-order valence-electron chi connectivity index (χ3n) is 3.70. The zero-order valence-electron chi connectivity index (χ0n) is 11.5. The first-order valence-corrected chi connectivity index (χ1v) is 7.30. The minimum Gasteiger partial charge on any atom is -0.356 e. The van der Waals surface area contributed by atoms with Crippen LogP contribution in [-0.2, 0) is 11.2 Å². The van der Waals surface area contributed by atoms with Gasteiger partial charge in [-0.3, -0.25) is 4.79 Å². The van der Waals surface area contributed by atoms with E-state index in [1.807, 2.05) is 24.3 Å². The van der Waals surface area contributed by atoms with Gasteiger partial charge in [0, 0.05) is 23.5 Å². The van der Waals surface area contributed by atoms with Gasteiger partial charge in [-0.15, -0.1) is 12.4 Å². The van der Waals surface area contributed by atoms with Gasteiger partial charge in [0.2, 0.25) is 5.91 Å². The molecule has 3 N–H and O–H groups in total. The highest BCUT2D eigenvalue weighted by Crippen LogP contribution is 2.23. The van der Waals surface area contributed by atoms with E-state index in [1.54, 1.807) is 0 Å². The molecule has 1 saturated carbocycles. The molecule has 3 nitrogen and oxygen atoms in total. The maximum atomic E-state index is 11.9. The fourth-order valence-corrected chi connectivity index (χ4v) is 2.68. The average molecular weight is 317 g/mol. The quantitative estimate of drug-likeness (QED) is 0.821. The van der Waals surface area contributed by atoms with Crippen molar-refractivity contribution >= 4 is 29.9 Å². The fraction of sp³-hybridized carbons (Fsp3) is 0.533. The van der Waals surface area contributed by atoms with Crippen LogP contribution in [0.15, 0.2) is 24.3 Å². The molecule has 20 heavy (non-hydrogen) atoms. The molecule has 0 heterocycles. The molecule has 0 aromatic heterocycles. The summed E-state index contributed by atoms with van der Waals surface area (Å²) in [5.41, 5.74) is 7.07. The lowest BCUT2D eigenvalue weighted by Gasteiger charge is -2.10. The van der Waals surface area contributed by atoms with Gasteiger partial charge in [-0.05, 0) is 49.8 Å². The lowest BCUT2D eigenvalue weighted by atomic mass is 10.1. The minimum atomic E-state index is 0. The molecule has 2 unspecified atom stereocenters. The molecule has 1 aromatic rings. The molecule has 2 atom stereocenters. The normalized spacial score (nSPS) is 21.3. The van der Waals surface area contributed by atoms with E-state index in [0.29, 0.717) is 0 Å². The number of hydrogen-bond donors (Lipinski definition) is 2. The predicted octanol–water partition coefficient (Wildman–Crippen LogP) is 2.94. The van der Waals surface area contributed by atoms with Crippen LogP contribution in [0.3, 0.4) is 0 Å². The van der Waals surface area contributed by atoms with Crippen LogP contribution in [0.25, 0.3) is 0 Å². The average Bonchev–Trinajstić information content (AvgIpc) is 2.83. The maximum absolute atomic E-state index is 11.9. The van der Waals surface area contributed by atoms with Crippen molar-refractivity contribution in [2.24, 2.45) is 11.7 Å². The van der Waals surface area contributed by atoms with E-state index in [9.17, 15) is 4.79 Å². The van der Waals surface area contributed by atoms with Crippen molar-refractivity contribution in [3.8, 4) is 0 Å². The molecule has 5 heteroatoms. The van der Waals surface area contributed by atoms with Crippen molar-refractivity contribution in [1.82, 2.24) is 5.32 Å². The fourth-order valence-electron chi connectivity index (χ4n) is 2.55. The van der Waals surface area contributed by atoms with Crippen LogP contribution < -0.4 is 11.1 Å². The molecule has 0 aliphatic heterocycles. The minimum absolute atomic E-state index is 0. The predicted molar refractivity (Wildman–Crippen MR) is 85.3 cm³/mol. The number of nitrogens with one attached hydrogen (secondary N) is 1. The largest absolute Gasteiger partial charge is 0.356 e. The molecule has 1 fully saturated rings. The van der Waals surface area contributed by atoms with Crippen LogP contribution in [0, 0.1) is 5.92 Å². The SMILES string of the molecule is Cl.NC1CCC(C(=O)NCCCc2ccc(Cl)cc2)C1. The standard InChI is InChI=1S/C15H21ClN2O.ClH/c16-13-6-3-11(4-7-13)2-1-9-18-15(19)12-5-8-14(17)10-12;/h3-4,6-7,12,14H,1-2,5,8-10,17H2,(H,18,19);1H. The number of benzene rings is 1. The van der Waals surface area contributed by atoms with Crippen LogP contribution in [0.2, 0.25) is 5.02 Å². The van der Waals surface area contributed by atoms with Crippen molar-refractivity contribution in [3.05, 3.63) is 34.9 Å². The summed E-state index contributed by atoms with van der Waals surface area (Å²) in [5.74, 6) is 0.301. The Labute approximate surface area is 131 Å². The highest BCUT2D eigenvalue weighted by atomic mass is 35.5. The second-order valence-electron chi connectivity index (χ2n) is 5.29. The van der Waals surface area contributed by atoms with Crippen LogP contribution in [-0.4, -0.2) is 18.5 Å². The van der Waals surface area contributed by atoms with E-state index in [1.165, 1.54) is 5.56 Å². The maximum Gasteiger partial charge on any atom is 0.223 e. The molecule has 0 bridgehead atoms. The summed E-state index contributed by atoms with van der Waals surface area (Å²) in [6.45, 7) is 0.729. The molecule has 1 aliphatic rings. The van der Waals surface area contributed by atoms with Gasteiger partial charge in [0.15, 0.2) is 0 Å². The van der Waals surface area contributed by atoms with Gasteiger partial charge in [-0.2, -0.15) is 0 Å². The summed E-state index contributed by atoms with van der Waals surface area (Å²) in [6, 6.07) is 8.07. The number of hydrogen-bond acceptors (Lipinski definition) is 2. The van der Waals surface area contributed by atoms with Gasteiger partial charge < -0.3 is 11.1 Å². The summed E-state index contributed by atoms with van der Waals surface area (Å²) in [7, 11) is 0. The molecular formula is C15H22Cl2N2O. The Kier molecular flexibility index (Phi) is 7.35. The highest BCUT2D eigenvalue weighted by molar-refractivity contribution is 6.30. The molecule has 1 amide bonds. The van der Waals surface area contributed by atoms with Gasteiger partial charge in [-0.25, -0.2) is 0 Å².